The van der Waals surface area contributed by atoms with E-state index in [4.69, 9.17) is 0 Å². The molecule has 0 aliphatic carbocycles. The van der Waals surface area contributed by atoms with Crippen LogP contribution in [0.5, 0.6) is 0 Å². The number of likely N-dealkylation sites (N-methyl/N-ethyl adjacent to an activating group) is 1. The Morgan fingerprint density at radius 3 is 2.42 bits per heavy atom. The largest absolute Gasteiger partial charge is 0.344 e. The minimum absolute atomic E-state index is 0.0764. The van der Waals surface area contributed by atoms with E-state index < -0.39 is 0 Å². The zero-order valence-corrected chi connectivity index (χ0v) is 19.5. The second-order valence-corrected chi connectivity index (χ2v) is 8.99. The zero-order valence-electron chi connectivity index (χ0n) is 18.0. The van der Waals surface area contributed by atoms with Crippen LogP contribution in [0, 0.1) is 6.92 Å². The van der Waals surface area contributed by atoms with E-state index in [1.54, 1.807) is 10.9 Å². The lowest BCUT2D eigenvalue weighted by molar-refractivity contribution is 0.0906. The van der Waals surface area contributed by atoms with Crippen molar-refractivity contribution in [2.24, 2.45) is 0 Å². The first-order chi connectivity index (χ1) is 15.0. The van der Waals surface area contributed by atoms with Crippen molar-refractivity contribution in [3.8, 4) is 5.69 Å². The maximum atomic E-state index is 13.2. The summed E-state index contributed by atoms with van der Waals surface area (Å²) in [5.41, 5.74) is 3.47. The lowest BCUT2D eigenvalue weighted by Gasteiger charge is -2.35. The summed E-state index contributed by atoms with van der Waals surface area (Å²) in [4.78, 5) is 18.0. The number of nitrogens with one attached hydrogen (secondary N) is 1. The standard InChI is InChI=1S/C24H28BrN5O/c1-18-22(16-26-30(18)21-10-8-20(25)9-11-21)24(31)27-23(19-6-4-3-5-7-19)17-29-14-12-28(2)13-15-29/h3-11,16,23H,12-15,17H2,1-2H3,(H,27,31). The predicted molar refractivity (Wildman–Crippen MR) is 127 cm³/mol. The van der Waals surface area contributed by atoms with Crippen LogP contribution in [0.25, 0.3) is 5.69 Å². The van der Waals surface area contributed by atoms with Gasteiger partial charge in [-0.3, -0.25) is 9.69 Å². The fraction of sp³-hybridized carbons (Fsp3) is 0.333. The van der Waals surface area contributed by atoms with E-state index in [2.05, 4.69) is 55.3 Å². The van der Waals surface area contributed by atoms with E-state index in [-0.39, 0.29) is 11.9 Å². The van der Waals surface area contributed by atoms with E-state index in [0.29, 0.717) is 5.56 Å². The second-order valence-electron chi connectivity index (χ2n) is 8.07. The number of halogens is 1. The molecule has 1 N–H and O–H groups in total. The van der Waals surface area contributed by atoms with E-state index in [0.717, 1.165) is 54.1 Å². The van der Waals surface area contributed by atoms with Gasteiger partial charge in [0.15, 0.2) is 0 Å². The lowest BCUT2D eigenvalue weighted by atomic mass is 10.1. The molecule has 0 radical (unpaired) electrons. The summed E-state index contributed by atoms with van der Waals surface area (Å²) in [6.07, 6.45) is 1.66. The normalized spacial score (nSPS) is 16.2. The maximum absolute atomic E-state index is 13.2. The molecule has 1 aliphatic rings. The molecule has 1 fully saturated rings. The van der Waals surface area contributed by atoms with Crippen LogP contribution in [-0.4, -0.2) is 65.3 Å². The Bertz CT molecular complexity index is 1010. The Balaban J connectivity index is 1.53. The van der Waals surface area contributed by atoms with E-state index in [9.17, 15) is 4.79 Å². The summed E-state index contributed by atoms with van der Waals surface area (Å²) < 4.78 is 2.81. The highest BCUT2D eigenvalue weighted by molar-refractivity contribution is 9.10. The number of rotatable bonds is 6. The molecule has 2 heterocycles. The number of amides is 1. The third-order valence-electron chi connectivity index (χ3n) is 5.87. The number of hydrogen-bond donors (Lipinski definition) is 1. The Morgan fingerprint density at radius 1 is 1.06 bits per heavy atom. The van der Waals surface area contributed by atoms with E-state index in [1.807, 2.05) is 49.4 Å². The van der Waals surface area contributed by atoms with Gasteiger partial charge in [-0.1, -0.05) is 46.3 Å². The number of carbonyl (C=O) groups is 1. The smallest absolute Gasteiger partial charge is 0.255 e. The topological polar surface area (TPSA) is 53.4 Å². The quantitative estimate of drug-likeness (QED) is 0.583. The number of benzene rings is 2. The van der Waals surface area contributed by atoms with Gasteiger partial charge >= 0.3 is 0 Å². The Hall–Kier alpha value is -2.48. The molecule has 3 aromatic rings. The van der Waals surface area contributed by atoms with Gasteiger partial charge in [-0.2, -0.15) is 5.10 Å². The monoisotopic (exact) mass is 481 g/mol. The van der Waals surface area contributed by atoms with Crippen molar-refractivity contribution in [3.05, 3.63) is 82.1 Å². The van der Waals surface area contributed by atoms with Crippen molar-refractivity contribution in [3.63, 3.8) is 0 Å². The van der Waals surface area contributed by atoms with Crippen molar-refractivity contribution in [2.45, 2.75) is 13.0 Å². The molecule has 1 amide bonds. The van der Waals surface area contributed by atoms with E-state index >= 15 is 0 Å². The minimum Gasteiger partial charge on any atom is -0.344 e. The van der Waals surface area contributed by atoms with Crippen LogP contribution < -0.4 is 5.32 Å². The molecule has 0 bridgehead atoms. The SMILES string of the molecule is Cc1c(C(=O)NC(CN2CCN(C)CC2)c2ccccc2)cnn1-c1ccc(Br)cc1. The summed E-state index contributed by atoms with van der Waals surface area (Å²) >= 11 is 3.46. The fourth-order valence-electron chi connectivity index (χ4n) is 3.92. The van der Waals surface area contributed by atoms with Crippen LogP contribution >= 0.6 is 15.9 Å². The van der Waals surface area contributed by atoms with Gasteiger partial charge in [0.1, 0.15) is 0 Å². The van der Waals surface area contributed by atoms with Crippen LogP contribution in [0.2, 0.25) is 0 Å². The van der Waals surface area contributed by atoms with Crippen molar-refractivity contribution >= 4 is 21.8 Å². The van der Waals surface area contributed by atoms with Gasteiger partial charge in [0.05, 0.1) is 29.2 Å². The first kappa shape index (κ1) is 21.7. The first-order valence-electron chi connectivity index (χ1n) is 10.6. The highest BCUT2D eigenvalue weighted by Crippen LogP contribution is 2.20. The Morgan fingerprint density at radius 2 is 1.74 bits per heavy atom. The summed E-state index contributed by atoms with van der Waals surface area (Å²) in [5.74, 6) is -0.0937. The van der Waals surface area contributed by atoms with Gasteiger partial charge in [0, 0.05) is 37.2 Å². The lowest BCUT2D eigenvalue weighted by Crippen LogP contribution is -2.47. The number of aromatic nitrogens is 2. The van der Waals surface area contributed by atoms with Crippen molar-refractivity contribution in [1.29, 1.82) is 0 Å². The number of nitrogens with zero attached hydrogens (tertiary/aromatic N) is 4. The number of piperazine rings is 1. The molecule has 31 heavy (non-hydrogen) atoms. The van der Waals surface area contributed by atoms with Crippen molar-refractivity contribution in [1.82, 2.24) is 24.9 Å². The van der Waals surface area contributed by atoms with Crippen LogP contribution in [0.3, 0.4) is 0 Å². The van der Waals surface area contributed by atoms with Crippen LogP contribution in [-0.2, 0) is 0 Å². The molecule has 1 saturated heterocycles. The summed E-state index contributed by atoms with van der Waals surface area (Å²) in [7, 11) is 2.15. The van der Waals surface area contributed by atoms with Crippen LogP contribution in [0.15, 0.2) is 65.3 Å². The Kier molecular flexibility index (Phi) is 6.85. The van der Waals surface area contributed by atoms with Gasteiger partial charge < -0.3 is 10.2 Å². The molecule has 1 aliphatic heterocycles. The van der Waals surface area contributed by atoms with Gasteiger partial charge in [-0.25, -0.2) is 4.68 Å². The van der Waals surface area contributed by atoms with Crippen LogP contribution in [0.4, 0.5) is 0 Å². The third-order valence-corrected chi connectivity index (χ3v) is 6.40. The highest BCUT2D eigenvalue weighted by atomic mass is 79.9. The summed E-state index contributed by atoms with van der Waals surface area (Å²) in [6, 6.07) is 18.0. The predicted octanol–water partition coefficient (Wildman–Crippen LogP) is 3.66. The molecule has 6 nitrogen and oxygen atoms in total. The van der Waals surface area contributed by atoms with E-state index in [1.165, 1.54) is 0 Å². The molecular weight excluding hydrogens is 454 g/mol. The molecule has 162 valence electrons. The molecule has 0 saturated carbocycles. The third kappa shape index (κ3) is 5.23. The van der Waals surface area contributed by atoms with Gasteiger partial charge in [0.2, 0.25) is 0 Å². The first-order valence-corrected chi connectivity index (χ1v) is 11.4. The molecule has 7 heteroatoms. The van der Waals surface area contributed by atoms with Gasteiger partial charge in [-0.15, -0.1) is 0 Å². The zero-order chi connectivity index (χ0) is 21.8. The summed E-state index contributed by atoms with van der Waals surface area (Å²) in [5, 5.41) is 7.73. The average Bonchev–Trinajstić information content (AvgIpc) is 3.17. The molecule has 0 spiro atoms. The molecule has 1 unspecified atom stereocenters. The highest BCUT2D eigenvalue weighted by Gasteiger charge is 2.23. The van der Waals surface area contributed by atoms with Crippen molar-refractivity contribution in [2.75, 3.05) is 39.8 Å². The maximum Gasteiger partial charge on any atom is 0.255 e. The average molecular weight is 482 g/mol. The molecule has 2 aromatic carbocycles. The minimum atomic E-state index is -0.0937. The number of hydrogen-bond acceptors (Lipinski definition) is 4. The molecule has 1 atom stereocenters. The van der Waals surface area contributed by atoms with Crippen molar-refractivity contribution < 1.29 is 4.79 Å². The Labute approximate surface area is 192 Å². The second kappa shape index (κ2) is 9.77. The van der Waals surface area contributed by atoms with Gasteiger partial charge in [-0.05, 0) is 43.8 Å². The molecular formula is C24H28BrN5O. The van der Waals surface area contributed by atoms with Crippen LogP contribution in [0.1, 0.15) is 27.7 Å². The molecule has 4 rings (SSSR count). The fourth-order valence-corrected chi connectivity index (χ4v) is 4.18. The summed E-state index contributed by atoms with van der Waals surface area (Å²) in [6.45, 7) is 6.85. The molecule has 1 aromatic heterocycles. The number of carbonyl (C=O) groups excluding carboxylic acids is 1. The van der Waals surface area contributed by atoms with Gasteiger partial charge in [0.25, 0.3) is 5.91 Å².